The highest BCUT2D eigenvalue weighted by Gasteiger charge is 2.26. The van der Waals surface area contributed by atoms with Gasteiger partial charge in [-0.05, 0) is 24.3 Å². The molecule has 1 saturated heterocycles. The van der Waals surface area contributed by atoms with E-state index in [0.717, 1.165) is 37.5 Å². The molecule has 2 aromatic rings. The molecule has 7 nitrogen and oxygen atoms in total. The lowest BCUT2D eigenvalue weighted by molar-refractivity contribution is 0.0740. The maximum atomic E-state index is 12.7. The third-order valence-electron chi connectivity index (χ3n) is 4.73. The Morgan fingerprint density at radius 3 is 2.56 bits per heavy atom. The van der Waals surface area contributed by atoms with E-state index in [1.165, 1.54) is 0 Å². The summed E-state index contributed by atoms with van der Waals surface area (Å²) in [5.74, 6) is 1.54. The standard InChI is InChI=1S/C18H22N4O3/c1-24-15-5-3-14(4-6-15)20-8-10-21(11-9-20)18(23)16-13-17-22(19-16)7-2-12-25-17/h3-6,13H,2,7-12H2,1H3. The van der Waals surface area contributed by atoms with E-state index in [9.17, 15) is 4.79 Å². The van der Waals surface area contributed by atoms with Crippen molar-refractivity contribution in [2.75, 3.05) is 44.8 Å². The summed E-state index contributed by atoms with van der Waals surface area (Å²) in [6, 6.07) is 9.79. The van der Waals surface area contributed by atoms with E-state index in [4.69, 9.17) is 9.47 Å². The van der Waals surface area contributed by atoms with Crippen LogP contribution in [0, 0.1) is 0 Å². The van der Waals surface area contributed by atoms with Crippen molar-refractivity contribution in [2.24, 2.45) is 0 Å². The molecule has 4 rings (SSSR count). The molecule has 7 heteroatoms. The molecule has 0 saturated carbocycles. The maximum Gasteiger partial charge on any atom is 0.274 e. The molecule has 1 aromatic carbocycles. The number of fused-ring (bicyclic) bond motifs is 1. The Morgan fingerprint density at radius 1 is 1.12 bits per heavy atom. The number of hydrogen-bond donors (Lipinski definition) is 0. The quantitative estimate of drug-likeness (QED) is 0.849. The molecule has 0 radical (unpaired) electrons. The summed E-state index contributed by atoms with van der Waals surface area (Å²) in [7, 11) is 1.66. The minimum absolute atomic E-state index is 0.0140. The van der Waals surface area contributed by atoms with Gasteiger partial charge in [0.15, 0.2) is 5.69 Å². The van der Waals surface area contributed by atoms with Crippen molar-refractivity contribution in [1.82, 2.24) is 14.7 Å². The van der Waals surface area contributed by atoms with Crippen molar-refractivity contribution < 1.29 is 14.3 Å². The zero-order valence-electron chi connectivity index (χ0n) is 14.4. The fourth-order valence-corrected chi connectivity index (χ4v) is 3.29. The van der Waals surface area contributed by atoms with Crippen molar-refractivity contribution in [3.63, 3.8) is 0 Å². The number of nitrogens with zero attached hydrogens (tertiary/aromatic N) is 4. The van der Waals surface area contributed by atoms with Crippen LogP contribution in [-0.2, 0) is 6.54 Å². The fraction of sp³-hybridized carbons (Fsp3) is 0.444. The molecule has 2 aliphatic heterocycles. The van der Waals surface area contributed by atoms with Gasteiger partial charge in [-0.3, -0.25) is 4.79 Å². The first-order valence-corrected chi connectivity index (χ1v) is 8.63. The maximum absolute atomic E-state index is 12.7. The first-order chi connectivity index (χ1) is 12.2. The molecule has 1 aromatic heterocycles. The number of anilines is 1. The fourth-order valence-electron chi connectivity index (χ4n) is 3.29. The first kappa shape index (κ1) is 15.8. The highest BCUT2D eigenvalue weighted by Crippen LogP contribution is 2.22. The van der Waals surface area contributed by atoms with Gasteiger partial charge in [0.25, 0.3) is 5.91 Å². The molecule has 3 heterocycles. The van der Waals surface area contributed by atoms with Gasteiger partial charge in [0, 0.05) is 50.9 Å². The molecule has 1 fully saturated rings. The van der Waals surface area contributed by atoms with Gasteiger partial charge in [-0.1, -0.05) is 0 Å². The van der Waals surface area contributed by atoms with E-state index in [-0.39, 0.29) is 5.91 Å². The Kier molecular flexibility index (Phi) is 4.21. The van der Waals surface area contributed by atoms with Crippen molar-refractivity contribution in [3.05, 3.63) is 36.0 Å². The van der Waals surface area contributed by atoms with E-state index in [0.29, 0.717) is 31.3 Å². The number of aromatic nitrogens is 2. The van der Waals surface area contributed by atoms with Crippen molar-refractivity contribution in [3.8, 4) is 11.6 Å². The second kappa shape index (κ2) is 6.66. The average molecular weight is 342 g/mol. The monoisotopic (exact) mass is 342 g/mol. The number of carbonyl (C=O) groups excluding carboxylic acids is 1. The van der Waals surface area contributed by atoms with E-state index in [1.807, 2.05) is 17.0 Å². The van der Waals surface area contributed by atoms with Gasteiger partial charge in [0.1, 0.15) is 5.75 Å². The van der Waals surface area contributed by atoms with E-state index >= 15 is 0 Å². The Hall–Kier alpha value is -2.70. The molecule has 2 aliphatic rings. The van der Waals surface area contributed by atoms with Gasteiger partial charge in [0.05, 0.1) is 13.7 Å². The van der Waals surface area contributed by atoms with Gasteiger partial charge in [-0.25, -0.2) is 4.68 Å². The van der Waals surface area contributed by atoms with Crippen LogP contribution in [0.2, 0.25) is 0 Å². The number of piperazine rings is 1. The molecule has 0 spiro atoms. The lowest BCUT2D eigenvalue weighted by atomic mass is 10.2. The van der Waals surface area contributed by atoms with Crippen LogP contribution in [0.25, 0.3) is 0 Å². The van der Waals surface area contributed by atoms with Crippen LogP contribution < -0.4 is 14.4 Å². The molecule has 0 N–H and O–H groups in total. The Labute approximate surface area is 146 Å². The molecule has 25 heavy (non-hydrogen) atoms. The smallest absolute Gasteiger partial charge is 0.274 e. The SMILES string of the molecule is COc1ccc(N2CCN(C(=O)c3cc4n(n3)CCCO4)CC2)cc1. The highest BCUT2D eigenvalue weighted by atomic mass is 16.5. The van der Waals surface area contributed by atoms with Crippen LogP contribution >= 0.6 is 0 Å². The summed E-state index contributed by atoms with van der Waals surface area (Å²) in [5, 5.41) is 4.40. The predicted molar refractivity (Wildman–Crippen MR) is 93.4 cm³/mol. The Morgan fingerprint density at radius 2 is 1.88 bits per heavy atom. The van der Waals surface area contributed by atoms with Crippen molar-refractivity contribution >= 4 is 11.6 Å². The van der Waals surface area contributed by atoms with Gasteiger partial charge in [-0.2, -0.15) is 5.10 Å². The third kappa shape index (κ3) is 3.14. The minimum atomic E-state index is -0.0140. The number of methoxy groups -OCH3 is 1. The molecule has 0 bridgehead atoms. The van der Waals surface area contributed by atoms with Gasteiger partial charge >= 0.3 is 0 Å². The number of aryl methyl sites for hydroxylation is 1. The number of amides is 1. The molecule has 0 atom stereocenters. The minimum Gasteiger partial charge on any atom is -0.497 e. The van der Waals surface area contributed by atoms with Crippen LogP contribution in [0.5, 0.6) is 11.6 Å². The number of rotatable bonds is 3. The van der Waals surface area contributed by atoms with E-state index in [2.05, 4.69) is 22.1 Å². The molecular formula is C18H22N4O3. The summed E-state index contributed by atoms with van der Waals surface area (Å²) in [5.41, 5.74) is 1.63. The summed E-state index contributed by atoms with van der Waals surface area (Å²) >= 11 is 0. The summed E-state index contributed by atoms with van der Waals surface area (Å²) < 4.78 is 12.5. The van der Waals surface area contributed by atoms with E-state index in [1.54, 1.807) is 17.9 Å². The molecule has 0 aliphatic carbocycles. The summed E-state index contributed by atoms with van der Waals surface area (Å²) in [4.78, 5) is 16.9. The lowest BCUT2D eigenvalue weighted by Gasteiger charge is -2.35. The molecule has 0 unspecified atom stereocenters. The predicted octanol–water partition coefficient (Wildman–Crippen LogP) is 1.64. The number of hydrogen-bond acceptors (Lipinski definition) is 5. The first-order valence-electron chi connectivity index (χ1n) is 8.63. The third-order valence-corrected chi connectivity index (χ3v) is 4.73. The van der Waals surface area contributed by atoms with Crippen LogP contribution in [0.4, 0.5) is 5.69 Å². The Balaban J connectivity index is 1.39. The Bertz CT molecular complexity index is 725. The zero-order chi connectivity index (χ0) is 17.2. The average Bonchev–Trinajstić information content (AvgIpc) is 3.12. The van der Waals surface area contributed by atoms with Crippen molar-refractivity contribution in [1.29, 1.82) is 0 Å². The molecule has 1 amide bonds. The number of ether oxygens (including phenoxy) is 2. The molecular weight excluding hydrogens is 320 g/mol. The van der Waals surface area contributed by atoms with Crippen LogP contribution in [0.3, 0.4) is 0 Å². The summed E-state index contributed by atoms with van der Waals surface area (Å²) in [6.07, 6.45) is 0.933. The second-order valence-corrected chi connectivity index (χ2v) is 6.27. The number of benzene rings is 1. The summed E-state index contributed by atoms with van der Waals surface area (Å²) in [6.45, 7) is 4.50. The second-order valence-electron chi connectivity index (χ2n) is 6.27. The normalized spacial score (nSPS) is 17.0. The van der Waals surface area contributed by atoms with E-state index < -0.39 is 0 Å². The topological polar surface area (TPSA) is 59.8 Å². The van der Waals surface area contributed by atoms with Gasteiger partial charge in [-0.15, -0.1) is 0 Å². The largest absolute Gasteiger partial charge is 0.497 e. The van der Waals surface area contributed by atoms with Crippen LogP contribution in [-0.4, -0.2) is 60.5 Å². The van der Waals surface area contributed by atoms with Crippen molar-refractivity contribution in [2.45, 2.75) is 13.0 Å². The van der Waals surface area contributed by atoms with Crippen LogP contribution in [0.1, 0.15) is 16.9 Å². The zero-order valence-corrected chi connectivity index (χ0v) is 14.4. The number of carbonyl (C=O) groups is 1. The lowest BCUT2D eigenvalue weighted by Crippen LogP contribution is -2.48. The molecule has 132 valence electrons. The van der Waals surface area contributed by atoms with Gasteiger partial charge in [0.2, 0.25) is 5.88 Å². The highest BCUT2D eigenvalue weighted by molar-refractivity contribution is 5.92. The van der Waals surface area contributed by atoms with Crippen LogP contribution in [0.15, 0.2) is 30.3 Å². The van der Waals surface area contributed by atoms with Gasteiger partial charge < -0.3 is 19.3 Å².